The summed E-state index contributed by atoms with van der Waals surface area (Å²) >= 11 is 0. The number of carbonyl (C=O) groups excluding carboxylic acids is 3. The lowest BCUT2D eigenvalue weighted by atomic mass is 10.1. The van der Waals surface area contributed by atoms with Crippen LogP contribution in [0.1, 0.15) is 15.9 Å². The molecule has 0 aliphatic rings. The molecule has 0 saturated heterocycles. The van der Waals surface area contributed by atoms with Crippen LogP contribution < -0.4 is 10.1 Å². The molecule has 0 spiro atoms. The molecular formula is C19H18FNO5. The number of hydrogen-bond acceptors (Lipinski definition) is 5. The number of amides is 1. The third kappa shape index (κ3) is 6.35. The smallest absolute Gasteiger partial charge is 0.344 e. The average molecular weight is 359 g/mol. The topological polar surface area (TPSA) is 81.7 Å². The molecule has 6 nitrogen and oxygen atoms in total. The van der Waals surface area contributed by atoms with Gasteiger partial charge in [-0.3, -0.25) is 9.59 Å². The number of esters is 1. The number of ether oxygens (including phenoxy) is 2. The maximum Gasteiger partial charge on any atom is 0.344 e. The summed E-state index contributed by atoms with van der Waals surface area (Å²) in [4.78, 5) is 34.1. The van der Waals surface area contributed by atoms with Crippen LogP contribution in [0.25, 0.3) is 0 Å². The van der Waals surface area contributed by atoms with Crippen LogP contribution in [0.3, 0.4) is 0 Å². The molecule has 0 saturated carbocycles. The second kappa shape index (κ2) is 9.93. The van der Waals surface area contributed by atoms with Crippen molar-refractivity contribution in [2.45, 2.75) is 6.42 Å². The zero-order valence-corrected chi connectivity index (χ0v) is 13.9. The predicted octanol–water partition coefficient (Wildman–Crippen LogP) is 1.92. The SMILES string of the molecule is O=Cc1ccccc1OCC(=O)OCC(=O)NCCc1ccc(F)cc1. The molecular weight excluding hydrogens is 341 g/mol. The molecule has 7 heteroatoms. The van der Waals surface area contributed by atoms with Crippen LogP contribution in [0.2, 0.25) is 0 Å². The van der Waals surface area contributed by atoms with Crippen LogP contribution in [-0.2, 0) is 20.7 Å². The van der Waals surface area contributed by atoms with Gasteiger partial charge in [0.2, 0.25) is 0 Å². The number of carbonyl (C=O) groups is 3. The standard InChI is InChI=1S/C19H18FNO5/c20-16-7-5-14(6-8-16)9-10-21-18(23)12-26-19(24)13-25-17-4-2-1-3-15(17)11-22/h1-8,11H,9-10,12-13H2,(H,21,23). The van der Waals surface area contributed by atoms with E-state index in [2.05, 4.69) is 5.32 Å². The highest BCUT2D eigenvalue weighted by molar-refractivity contribution is 5.81. The van der Waals surface area contributed by atoms with Crippen LogP contribution in [-0.4, -0.2) is 37.9 Å². The summed E-state index contributed by atoms with van der Waals surface area (Å²) in [5.74, 6) is -1.22. The minimum atomic E-state index is -0.723. The number of benzene rings is 2. The Labute approximate surface area is 149 Å². The van der Waals surface area contributed by atoms with Gasteiger partial charge in [-0.2, -0.15) is 0 Å². The molecule has 2 aromatic carbocycles. The van der Waals surface area contributed by atoms with E-state index < -0.39 is 25.1 Å². The monoisotopic (exact) mass is 359 g/mol. The van der Waals surface area contributed by atoms with Crippen molar-refractivity contribution in [1.82, 2.24) is 5.32 Å². The van der Waals surface area contributed by atoms with Gasteiger partial charge in [0.05, 0.1) is 5.56 Å². The predicted molar refractivity (Wildman–Crippen MR) is 91.4 cm³/mol. The molecule has 0 fully saturated rings. The Morgan fingerprint density at radius 1 is 1.04 bits per heavy atom. The molecule has 0 heterocycles. The lowest BCUT2D eigenvalue weighted by Crippen LogP contribution is -2.31. The summed E-state index contributed by atoms with van der Waals surface area (Å²) in [5.41, 5.74) is 1.20. The van der Waals surface area contributed by atoms with E-state index in [0.717, 1.165) is 5.56 Å². The molecule has 0 aromatic heterocycles. The second-order valence-corrected chi connectivity index (χ2v) is 5.33. The first-order valence-electron chi connectivity index (χ1n) is 7.92. The first kappa shape index (κ1) is 19.1. The Morgan fingerprint density at radius 3 is 2.50 bits per heavy atom. The largest absolute Gasteiger partial charge is 0.481 e. The fraction of sp³-hybridized carbons (Fsp3) is 0.211. The Kier molecular flexibility index (Phi) is 7.30. The third-order valence-corrected chi connectivity index (χ3v) is 3.40. The average Bonchev–Trinajstić information content (AvgIpc) is 2.66. The molecule has 0 aliphatic heterocycles. The van der Waals surface area contributed by atoms with Crippen molar-refractivity contribution in [1.29, 1.82) is 0 Å². The van der Waals surface area contributed by atoms with Crippen LogP contribution in [0.5, 0.6) is 5.75 Å². The highest BCUT2D eigenvalue weighted by Crippen LogP contribution is 2.15. The minimum absolute atomic E-state index is 0.267. The zero-order chi connectivity index (χ0) is 18.8. The molecule has 0 unspecified atom stereocenters. The van der Waals surface area contributed by atoms with E-state index in [-0.39, 0.29) is 11.6 Å². The van der Waals surface area contributed by atoms with Crippen LogP contribution in [0.4, 0.5) is 4.39 Å². The van der Waals surface area contributed by atoms with Gasteiger partial charge in [-0.05, 0) is 36.2 Å². The van der Waals surface area contributed by atoms with Gasteiger partial charge in [-0.1, -0.05) is 24.3 Å². The van der Waals surface area contributed by atoms with Crippen molar-refractivity contribution in [3.8, 4) is 5.75 Å². The van der Waals surface area contributed by atoms with Crippen molar-refractivity contribution in [2.24, 2.45) is 0 Å². The Bertz CT molecular complexity index is 761. The minimum Gasteiger partial charge on any atom is -0.481 e. The fourth-order valence-corrected chi connectivity index (χ4v) is 2.08. The molecule has 0 radical (unpaired) electrons. The quantitative estimate of drug-likeness (QED) is 0.546. The summed E-state index contributed by atoms with van der Waals surface area (Å²) < 4.78 is 22.8. The molecule has 2 rings (SSSR count). The number of rotatable bonds is 9. The summed E-state index contributed by atoms with van der Waals surface area (Å²) in [5, 5.41) is 2.60. The van der Waals surface area contributed by atoms with Gasteiger partial charge in [0.15, 0.2) is 19.5 Å². The van der Waals surface area contributed by atoms with Crippen LogP contribution >= 0.6 is 0 Å². The summed E-state index contributed by atoms with van der Waals surface area (Å²) in [6, 6.07) is 12.4. The zero-order valence-electron chi connectivity index (χ0n) is 13.9. The summed E-state index contributed by atoms with van der Waals surface area (Å²) in [6.07, 6.45) is 1.15. The van der Waals surface area contributed by atoms with E-state index in [1.54, 1.807) is 36.4 Å². The van der Waals surface area contributed by atoms with Crippen molar-refractivity contribution >= 4 is 18.2 Å². The van der Waals surface area contributed by atoms with E-state index in [1.165, 1.54) is 12.1 Å². The van der Waals surface area contributed by atoms with E-state index >= 15 is 0 Å². The number of nitrogens with one attached hydrogen (secondary N) is 1. The van der Waals surface area contributed by atoms with Gasteiger partial charge in [0.25, 0.3) is 5.91 Å². The summed E-state index contributed by atoms with van der Waals surface area (Å²) in [6.45, 7) is -0.500. The van der Waals surface area contributed by atoms with E-state index in [1.807, 2.05) is 0 Å². The molecule has 2 aromatic rings. The molecule has 26 heavy (non-hydrogen) atoms. The van der Waals surface area contributed by atoms with Crippen LogP contribution in [0.15, 0.2) is 48.5 Å². The first-order valence-corrected chi connectivity index (χ1v) is 7.92. The fourth-order valence-electron chi connectivity index (χ4n) is 2.08. The van der Waals surface area contributed by atoms with Crippen molar-refractivity contribution in [3.63, 3.8) is 0 Å². The van der Waals surface area contributed by atoms with Gasteiger partial charge in [0.1, 0.15) is 11.6 Å². The number of halogens is 1. The highest BCUT2D eigenvalue weighted by atomic mass is 19.1. The molecule has 0 atom stereocenters. The second-order valence-electron chi connectivity index (χ2n) is 5.33. The van der Waals surface area contributed by atoms with Crippen molar-refractivity contribution in [2.75, 3.05) is 19.8 Å². The molecule has 1 amide bonds. The Morgan fingerprint density at radius 2 is 1.77 bits per heavy atom. The van der Waals surface area contributed by atoms with Gasteiger partial charge in [0, 0.05) is 6.54 Å². The lowest BCUT2D eigenvalue weighted by molar-refractivity contribution is -0.150. The normalized spacial score (nSPS) is 10.0. The van der Waals surface area contributed by atoms with Gasteiger partial charge in [-0.25, -0.2) is 9.18 Å². The van der Waals surface area contributed by atoms with Gasteiger partial charge in [-0.15, -0.1) is 0 Å². The number of aldehydes is 1. The van der Waals surface area contributed by atoms with Crippen molar-refractivity contribution < 1.29 is 28.2 Å². The third-order valence-electron chi connectivity index (χ3n) is 3.40. The van der Waals surface area contributed by atoms with Gasteiger partial charge >= 0.3 is 5.97 Å². The summed E-state index contributed by atoms with van der Waals surface area (Å²) in [7, 11) is 0. The Hall–Kier alpha value is -3.22. The number of para-hydroxylation sites is 1. The van der Waals surface area contributed by atoms with E-state index in [0.29, 0.717) is 24.8 Å². The molecule has 1 N–H and O–H groups in total. The number of hydrogen-bond donors (Lipinski definition) is 1. The lowest BCUT2D eigenvalue weighted by Gasteiger charge is -2.09. The molecule has 0 bridgehead atoms. The van der Waals surface area contributed by atoms with Crippen molar-refractivity contribution in [3.05, 3.63) is 65.5 Å². The van der Waals surface area contributed by atoms with E-state index in [9.17, 15) is 18.8 Å². The highest BCUT2D eigenvalue weighted by Gasteiger charge is 2.10. The Balaban J connectivity index is 1.64. The molecule has 0 aliphatic carbocycles. The van der Waals surface area contributed by atoms with Gasteiger partial charge < -0.3 is 14.8 Å². The maximum atomic E-state index is 12.8. The first-order chi connectivity index (χ1) is 12.6. The van der Waals surface area contributed by atoms with E-state index in [4.69, 9.17) is 9.47 Å². The van der Waals surface area contributed by atoms with Crippen LogP contribution in [0, 0.1) is 5.82 Å². The molecule has 136 valence electrons. The maximum absolute atomic E-state index is 12.8.